The maximum absolute atomic E-state index is 13.9. The zero-order valence-corrected chi connectivity index (χ0v) is 25.3. The van der Waals surface area contributed by atoms with E-state index in [1.807, 2.05) is 71.9 Å². The quantitative estimate of drug-likeness (QED) is 0.411. The van der Waals surface area contributed by atoms with E-state index in [2.05, 4.69) is 19.2 Å². The summed E-state index contributed by atoms with van der Waals surface area (Å²) in [5.74, 6) is -1.57. The van der Waals surface area contributed by atoms with E-state index in [9.17, 15) is 19.2 Å². The van der Waals surface area contributed by atoms with Crippen molar-refractivity contribution in [1.29, 1.82) is 0 Å². The number of methoxy groups -OCH3 is 1. The molecule has 1 N–H and O–H groups in total. The summed E-state index contributed by atoms with van der Waals surface area (Å²) in [5, 5.41) is 3.09. The average Bonchev–Trinajstić information content (AvgIpc) is 2.83. The second-order valence-corrected chi connectivity index (χ2v) is 12.1. The fourth-order valence-electron chi connectivity index (χ4n) is 4.88. The van der Waals surface area contributed by atoms with Crippen molar-refractivity contribution in [2.75, 3.05) is 27.2 Å². The number of ether oxygens (including phenoxy) is 1. The molecule has 3 atom stereocenters. The summed E-state index contributed by atoms with van der Waals surface area (Å²) in [7, 11) is 2.97. The molecule has 8 nitrogen and oxygen atoms in total. The van der Waals surface area contributed by atoms with Crippen LogP contribution < -0.4 is 5.32 Å². The summed E-state index contributed by atoms with van der Waals surface area (Å²) in [6.07, 6.45) is 0.615. The molecule has 0 aliphatic rings. The van der Waals surface area contributed by atoms with Crippen molar-refractivity contribution in [1.82, 2.24) is 15.1 Å². The Labute approximate surface area is 229 Å². The number of amides is 3. The summed E-state index contributed by atoms with van der Waals surface area (Å²) < 4.78 is 4.74. The number of hydrogen-bond acceptors (Lipinski definition) is 5. The SMILES string of the molecule is CC[C@H](C(=O)N[C@H](C(=O)N(C)[C@H](CN(CC(=O)OC)C(C)=O)C(C)C)C(C)(C)C)C(C)(C)c1ccccc1. The van der Waals surface area contributed by atoms with Crippen LogP contribution in [0.15, 0.2) is 30.3 Å². The van der Waals surface area contributed by atoms with E-state index in [4.69, 9.17) is 4.74 Å². The highest BCUT2D eigenvalue weighted by atomic mass is 16.5. The number of hydrogen-bond donors (Lipinski definition) is 1. The van der Waals surface area contributed by atoms with Crippen LogP contribution in [-0.2, 0) is 29.3 Å². The first-order valence-electron chi connectivity index (χ1n) is 13.4. The van der Waals surface area contributed by atoms with Crippen LogP contribution in [0.3, 0.4) is 0 Å². The van der Waals surface area contributed by atoms with Gasteiger partial charge < -0.3 is 19.9 Å². The fourth-order valence-corrected chi connectivity index (χ4v) is 4.88. The van der Waals surface area contributed by atoms with Crippen molar-refractivity contribution in [3.63, 3.8) is 0 Å². The zero-order valence-electron chi connectivity index (χ0n) is 25.3. The molecule has 1 aromatic rings. The van der Waals surface area contributed by atoms with E-state index in [1.165, 1.54) is 18.9 Å². The number of likely N-dealkylation sites (N-methyl/N-ethyl adjacent to an activating group) is 1. The van der Waals surface area contributed by atoms with Crippen molar-refractivity contribution >= 4 is 23.7 Å². The van der Waals surface area contributed by atoms with Gasteiger partial charge in [-0.1, -0.05) is 85.7 Å². The molecular weight excluding hydrogens is 482 g/mol. The van der Waals surface area contributed by atoms with Crippen LogP contribution in [0, 0.1) is 17.3 Å². The molecule has 0 saturated heterocycles. The number of nitrogens with zero attached hydrogens (tertiary/aromatic N) is 2. The Morgan fingerprint density at radius 1 is 1.00 bits per heavy atom. The van der Waals surface area contributed by atoms with Gasteiger partial charge in [0.25, 0.3) is 0 Å². The van der Waals surface area contributed by atoms with Gasteiger partial charge in [0.2, 0.25) is 17.7 Å². The molecule has 0 unspecified atom stereocenters. The first-order chi connectivity index (χ1) is 17.5. The third-order valence-corrected chi connectivity index (χ3v) is 7.53. The number of nitrogens with one attached hydrogen (secondary N) is 1. The third-order valence-electron chi connectivity index (χ3n) is 7.53. The molecule has 3 amide bonds. The third kappa shape index (κ3) is 8.57. The second-order valence-electron chi connectivity index (χ2n) is 12.1. The lowest BCUT2D eigenvalue weighted by Crippen LogP contribution is -2.60. The molecule has 0 aliphatic heterocycles. The van der Waals surface area contributed by atoms with Gasteiger partial charge in [-0.15, -0.1) is 0 Å². The van der Waals surface area contributed by atoms with Gasteiger partial charge in [0.05, 0.1) is 13.2 Å². The van der Waals surface area contributed by atoms with Gasteiger partial charge in [0.15, 0.2) is 0 Å². The Morgan fingerprint density at radius 3 is 1.97 bits per heavy atom. The van der Waals surface area contributed by atoms with Gasteiger partial charge in [-0.2, -0.15) is 0 Å². The minimum Gasteiger partial charge on any atom is -0.468 e. The number of carbonyl (C=O) groups excluding carboxylic acids is 4. The van der Waals surface area contributed by atoms with Crippen LogP contribution in [0.5, 0.6) is 0 Å². The summed E-state index contributed by atoms with van der Waals surface area (Å²) >= 11 is 0. The van der Waals surface area contributed by atoms with Gasteiger partial charge in [0.1, 0.15) is 12.6 Å². The van der Waals surface area contributed by atoms with Gasteiger partial charge in [-0.3, -0.25) is 19.2 Å². The predicted octanol–water partition coefficient (Wildman–Crippen LogP) is 4.03. The number of benzene rings is 1. The van der Waals surface area contributed by atoms with E-state index in [0.29, 0.717) is 6.42 Å². The van der Waals surface area contributed by atoms with Crippen molar-refractivity contribution in [3.8, 4) is 0 Å². The Balaban J connectivity index is 3.27. The molecule has 38 heavy (non-hydrogen) atoms. The molecule has 214 valence electrons. The Hall–Kier alpha value is -2.90. The monoisotopic (exact) mass is 531 g/mol. The maximum Gasteiger partial charge on any atom is 0.325 e. The standard InChI is InChI=1S/C30H49N3O5/c1-12-23(30(8,9)22-16-14-13-15-17-22)27(36)31-26(29(5,6)7)28(37)32(10)24(20(2)3)18-33(21(4)34)19-25(35)38-11/h13-17,20,23-24,26H,12,18-19H2,1-11H3,(H,31,36)/t23-,24-,26-/m1/s1. The van der Waals surface area contributed by atoms with Crippen LogP contribution >= 0.6 is 0 Å². The smallest absolute Gasteiger partial charge is 0.325 e. The topological polar surface area (TPSA) is 96.0 Å². The van der Waals surface area contributed by atoms with Crippen molar-refractivity contribution in [2.45, 2.75) is 86.2 Å². The van der Waals surface area contributed by atoms with Gasteiger partial charge in [0, 0.05) is 31.8 Å². The molecular formula is C30H49N3O5. The lowest BCUT2D eigenvalue weighted by molar-refractivity contribution is -0.148. The summed E-state index contributed by atoms with van der Waals surface area (Å²) in [5.41, 5.74) is 0.0604. The first kappa shape index (κ1) is 33.1. The van der Waals surface area contributed by atoms with Crippen LogP contribution in [0.2, 0.25) is 0 Å². The molecule has 0 fully saturated rings. The van der Waals surface area contributed by atoms with E-state index < -0.39 is 22.8 Å². The van der Waals surface area contributed by atoms with Crippen LogP contribution in [-0.4, -0.2) is 72.8 Å². The molecule has 0 aliphatic carbocycles. The molecule has 0 heterocycles. The van der Waals surface area contributed by atoms with Crippen molar-refractivity contribution < 1.29 is 23.9 Å². The number of carbonyl (C=O) groups is 4. The normalized spacial score (nSPS) is 14.3. The van der Waals surface area contributed by atoms with Crippen LogP contribution in [0.1, 0.15) is 74.3 Å². The van der Waals surface area contributed by atoms with Crippen molar-refractivity contribution in [3.05, 3.63) is 35.9 Å². The highest BCUT2D eigenvalue weighted by Crippen LogP contribution is 2.34. The minimum absolute atomic E-state index is 0.0137. The summed E-state index contributed by atoms with van der Waals surface area (Å²) in [4.78, 5) is 54.8. The largest absolute Gasteiger partial charge is 0.468 e. The van der Waals surface area contributed by atoms with Gasteiger partial charge in [-0.25, -0.2) is 0 Å². The van der Waals surface area contributed by atoms with Gasteiger partial charge in [-0.05, 0) is 23.3 Å². The molecule has 0 radical (unpaired) electrons. The molecule has 1 aromatic carbocycles. The Bertz CT molecular complexity index is 952. The highest BCUT2D eigenvalue weighted by Gasteiger charge is 2.41. The summed E-state index contributed by atoms with van der Waals surface area (Å²) in [6.45, 7) is 17.2. The molecule has 8 heteroatoms. The lowest BCUT2D eigenvalue weighted by atomic mass is 9.71. The maximum atomic E-state index is 13.9. The molecule has 0 saturated carbocycles. The van der Waals surface area contributed by atoms with Crippen LogP contribution in [0.25, 0.3) is 0 Å². The van der Waals surface area contributed by atoms with E-state index in [0.717, 1.165) is 5.56 Å². The second kappa shape index (κ2) is 13.8. The molecule has 1 rings (SSSR count). The van der Waals surface area contributed by atoms with Gasteiger partial charge >= 0.3 is 5.97 Å². The van der Waals surface area contributed by atoms with Crippen LogP contribution in [0.4, 0.5) is 0 Å². The fraction of sp³-hybridized carbons (Fsp3) is 0.667. The van der Waals surface area contributed by atoms with Crippen molar-refractivity contribution in [2.24, 2.45) is 17.3 Å². The minimum atomic E-state index is -0.784. The molecule has 0 aromatic heterocycles. The van der Waals surface area contributed by atoms with E-state index in [1.54, 1.807) is 11.9 Å². The predicted molar refractivity (Wildman–Crippen MR) is 150 cm³/mol. The first-order valence-corrected chi connectivity index (χ1v) is 13.4. The Kier molecular flexibility index (Phi) is 12.0. The zero-order chi connectivity index (χ0) is 29.4. The summed E-state index contributed by atoms with van der Waals surface area (Å²) in [6, 6.07) is 8.78. The average molecular weight is 532 g/mol. The van der Waals surface area contributed by atoms with E-state index in [-0.39, 0.29) is 48.7 Å². The number of esters is 1. The van der Waals surface area contributed by atoms with E-state index >= 15 is 0 Å². The lowest BCUT2D eigenvalue weighted by Gasteiger charge is -2.41. The molecule has 0 bridgehead atoms. The number of rotatable bonds is 12. The highest BCUT2D eigenvalue weighted by molar-refractivity contribution is 5.90. The Morgan fingerprint density at radius 2 is 1.55 bits per heavy atom. The molecule has 0 spiro atoms.